The third kappa shape index (κ3) is 2.43. The molecule has 1 N–H and O–H groups in total. The number of anilines is 1. The van der Waals surface area contributed by atoms with Crippen LogP contribution in [0.1, 0.15) is 15.9 Å². The van der Waals surface area contributed by atoms with Crippen LogP contribution < -0.4 is 5.32 Å². The van der Waals surface area contributed by atoms with Gasteiger partial charge in [0.15, 0.2) is 5.78 Å². The highest BCUT2D eigenvalue weighted by Crippen LogP contribution is 2.18. The van der Waals surface area contributed by atoms with Gasteiger partial charge in [-0.1, -0.05) is 12.1 Å². The second-order valence-corrected chi connectivity index (χ2v) is 3.64. The topological polar surface area (TPSA) is 46.2 Å². The fourth-order valence-electron chi connectivity index (χ4n) is 1.63. The van der Waals surface area contributed by atoms with E-state index in [4.69, 9.17) is 0 Å². The van der Waals surface area contributed by atoms with Gasteiger partial charge in [0.25, 0.3) is 0 Å². The normalized spacial score (nSPS) is 9.83. The van der Waals surface area contributed by atoms with Crippen LogP contribution in [0.5, 0.6) is 0 Å². The number of para-hydroxylation sites is 1. The molecular formula is C14H10FNO2. The van der Waals surface area contributed by atoms with Crippen molar-refractivity contribution in [1.29, 1.82) is 0 Å². The number of halogens is 1. The number of hydrogen-bond acceptors (Lipinski definition) is 2. The number of nitrogens with one attached hydrogen (secondary N) is 1. The molecule has 0 radical (unpaired) electrons. The SMILES string of the molecule is O=CNc1ccccc1C(=O)c1ccc(F)cc1. The first-order valence-corrected chi connectivity index (χ1v) is 5.32. The van der Waals surface area contributed by atoms with Crippen LogP contribution in [0.15, 0.2) is 48.5 Å². The van der Waals surface area contributed by atoms with E-state index < -0.39 is 5.82 Å². The molecule has 0 atom stereocenters. The summed E-state index contributed by atoms with van der Waals surface area (Å²) in [7, 11) is 0. The molecule has 0 aromatic heterocycles. The van der Waals surface area contributed by atoms with E-state index in [1.165, 1.54) is 24.3 Å². The molecule has 2 rings (SSSR count). The summed E-state index contributed by atoms with van der Waals surface area (Å²) in [5, 5.41) is 2.46. The molecular weight excluding hydrogens is 233 g/mol. The molecule has 2 aromatic rings. The van der Waals surface area contributed by atoms with Gasteiger partial charge in [-0.3, -0.25) is 9.59 Å². The summed E-state index contributed by atoms with van der Waals surface area (Å²) < 4.78 is 12.8. The number of ketones is 1. The summed E-state index contributed by atoms with van der Waals surface area (Å²) in [6.45, 7) is 0. The lowest BCUT2D eigenvalue weighted by atomic mass is 10.0. The van der Waals surface area contributed by atoms with Crippen molar-refractivity contribution in [3.05, 3.63) is 65.5 Å². The van der Waals surface area contributed by atoms with Gasteiger partial charge in [0.2, 0.25) is 6.41 Å². The Morgan fingerprint density at radius 3 is 2.39 bits per heavy atom. The second kappa shape index (κ2) is 5.23. The zero-order chi connectivity index (χ0) is 13.0. The first-order valence-electron chi connectivity index (χ1n) is 5.32. The maximum absolute atomic E-state index is 12.8. The van der Waals surface area contributed by atoms with Crippen LogP contribution in [-0.2, 0) is 4.79 Å². The van der Waals surface area contributed by atoms with Crippen molar-refractivity contribution in [3.8, 4) is 0 Å². The van der Waals surface area contributed by atoms with Crippen molar-refractivity contribution in [2.24, 2.45) is 0 Å². The number of carbonyl (C=O) groups is 2. The third-order valence-corrected chi connectivity index (χ3v) is 2.49. The van der Waals surface area contributed by atoms with Gasteiger partial charge in [-0.25, -0.2) is 4.39 Å². The summed E-state index contributed by atoms with van der Waals surface area (Å²) >= 11 is 0. The summed E-state index contributed by atoms with van der Waals surface area (Å²) in [5.41, 5.74) is 1.18. The first-order chi connectivity index (χ1) is 8.72. The highest BCUT2D eigenvalue weighted by molar-refractivity contribution is 6.13. The standard InChI is InChI=1S/C14H10FNO2/c15-11-7-5-10(6-8-11)14(18)12-3-1-2-4-13(12)16-9-17/h1-9H,(H,16,17). The van der Waals surface area contributed by atoms with Crippen LogP contribution in [0.25, 0.3) is 0 Å². The lowest BCUT2D eigenvalue weighted by molar-refractivity contribution is -0.105. The number of hydrogen-bond donors (Lipinski definition) is 1. The summed E-state index contributed by atoms with van der Waals surface area (Å²) in [6, 6.07) is 11.9. The molecule has 0 aliphatic carbocycles. The predicted molar refractivity (Wildman–Crippen MR) is 66.0 cm³/mol. The molecule has 0 unspecified atom stereocenters. The van der Waals surface area contributed by atoms with Crippen LogP contribution in [-0.4, -0.2) is 12.2 Å². The fraction of sp³-hybridized carbons (Fsp3) is 0. The van der Waals surface area contributed by atoms with Crippen molar-refractivity contribution in [1.82, 2.24) is 0 Å². The molecule has 3 nitrogen and oxygen atoms in total. The Labute approximate surface area is 103 Å². The van der Waals surface area contributed by atoms with Crippen LogP contribution >= 0.6 is 0 Å². The lowest BCUT2D eigenvalue weighted by Crippen LogP contribution is -2.06. The van der Waals surface area contributed by atoms with Gasteiger partial charge in [0, 0.05) is 11.1 Å². The highest BCUT2D eigenvalue weighted by Gasteiger charge is 2.12. The largest absolute Gasteiger partial charge is 0.328 e. The number of benzene rings is 2. The first kappa shape index (κ1) is 12.0. The highest BCUT2D eigenvalue weighted by atomic mass is 19.1. The molecule has 0 aliphatic heterocycles. The maximum Gasteiger partial charge on any atom is 0.211 e. The molecule has 0 saturated carbocycles. The summed E-state index contributed by atoms with van der Waals surface area (Å²) in [6.07, 6.45) is 0.511. The second-order valence-electron chi connectivity index (χ2n) is 3.64. The Morgan fingerprint density at radius 2 is 1.72 bits per heavy atom. The monoisotopic (exact) mass is 243 g/mol. The van der Waals surface area contributed by atoms with E-state index in [-0.39, 0.29) is 5.78 Å². The van der Waals surface area contributed by atoms with E-state index in [1.54, 1.807) is 24.3 Å². The fourth-order valence-corrected chi connectivity index (χ4v) is 1.63. The zero-order valence-corrected chi connectivity index (χ0v) is 9.39. The van der Waals surface area contributed by atoms with Crippen molar-refractivity contribution in [2.45, 2.75) is 0 Å². The van der Waals surface area contributed by atoms with Gasteiger partial charge in [0.1, 0.15) is 5.82 Å². The maximum atomic E-state index is 12.8. The van der Waals surface area contributed by atoms with E-state index in [0.29, 0.717) is 23.2 Å². The molecule has 4 heteroatoms. The molecule has 0 spiro atoms. The molecule has 0 saturated heterocycles. The Hall–Kier alpha value is -2.49. The predicted octanol–water partition coefficient (Wildman–Crippen LogP) is 2.63. The van der Waals surface area contributed by atoms with Crippen molar-refractivity contribution in [3.63, 3.8) is 0 Å². The number of carbonyl (C=O) groups excluding carboxylic acids is 2. The van der Waals surface area contributed by atoms with Crippen molar-refractivity contribution < 1.29 is 14.0 Å². The number of rotatable bonds is 4. The zero-order valence-electron chi connectivity index (χ0n) is 9.39. The van der Waals surface area contributed by atoms with E-state index in [9.17, 15) is 14.0 Å². The number of amides is 1. The van der Waals surface area contributed by atoms with E-state index >= 15 is 0 Å². The van der Waals surface area contributed by atoms with E-state index in [2.05, 4.69) is 5.32 Å². The van der Waals surface area contributed by atoms with Crippen molar-refractivity contribution in [2.75, 3.05) is 5.32 Å². The molecule has 90 valence electrons. The molecule has 1 amide bonds. The van der Waals surface area contributed by atoms with Gasteiger partial charge in [-0.15, -0.1) is 0 Å². The lowest BCUT2D eigenvalue weighted by Gasteiger charge is -2.07. The van der Waals surface area contributed by atoms with Crippen LogP contribution in [0.3, 0.4) is 0 Å². The third-order valence-electron chi connectivity index (χ3n) is 2.49. The molecule has 0 bridgehead atoms. The summed E-state index contributed by atoms with van der Waals surface area (Å²) in [5.74, 6) is -0.661. The molecule has 0 aliphatic rings. The Balaban J connectivity index is 2.39. The molecule has 2 aromatic carbocycles. The van der Waals surface area contributed by atoms with Crippen LogP contribution in [0.2, 0.25) is 0 Å². The van der Waals surface area contributed by atoms with Gasteiger partial charge in [-0.2, -0.15) is 0 Å². The van der Waals surface area contributed by atoms with E-state index in [1.807, 2.05) is 0 Å². The minimum Gasteiger partial charge on any atom is -0.328 e. The average molecular weight is 243 g/mol. The van der Waals surface area contributed by atoms with E-state index in [0.717, 1.165) is 0 Å². The molecule has 18 heavy (non-hydrogen) atoms. The smallest absolute Gasteiger partial charge is 0.211 e. The van der Waals surface area contributed by atoms with Gasteiger partial charge in [0.05, 0.1) is 5.69 Å². The average Bonchev–Trinajstić information content (AvgIpc) is 2.40. The Kier molecular flexibility index (Phi) is 3.48. The summed E-state index contributed by atoms with van der Waals surface area (Å²) in [4.78, 5) is 22.6. The van der Waals surface area contributed by atoms with Gasteiger partial charge < -0.3 is 5.32 Å². The quantitative estimate of drug-likeness (QED) is 0.662. The van der Waals surface area contributed by atoms with Crippen molar-refractivity contribution >= 4 is 17.9 Å². The Morgan fingerprint density at radius 1 is 1.06 bits per heavy atom. The molecule has 0 fully saturated rings. The van der Waals surface area contributed by atoms with Crippen LogP contribution in [0.4, 0.5) is 10.1 Å². The van der Waals surface area contributed by atoms with Gasteiger partial charge in [-0.05, 0) is 36.4 Å². The minimum atomic E-state index is -0.397. The molecule has 0 heterocycles. The Bertz CT molecular complexity index is 579. The minimum absolute atomic E-state index is 0.264. The van der Waals surface area contributed by atoms with Gasteiger partial charge >= 0.3 is 0 Å². The van der Waals surface area contributed by atoms with Crippen LogP contribution in [0, 0.1) is 5.82 Å².